The largest absolute Gasteiger partial charge is 0.508 e. The average Bonchev–Trinajstić information content (AvgIpc) is 2.49. The number of carbonyl (C=O) groups excluding carboxylic acids is 1. The molecule has 0 bridgehead atoms. The molecular weight excluding hydrogens is 269 g/mol. The zero-order valence-corrected chi connectivity index (χ0v) is 11.4. The van der Waals surface area contributed by atoms with Crippen molar-refractivity contribution in [2.24, 2.45) is 0 Å². The molecule has 0 aromatic heterocycles. The summed E-state index contributed by atoms with van der Waals surface area (Å²) in [5.74, 6) is -0.270. The zero-order chi connectivity index (χ0) is 15.1. The van der Waals surface area contributed by atoms with Crippen LogP contribution in [-0.2, 0) is 11.2 Å². The Morgan fingerprint density at radius 2 is 1.76 bits per heavy atom. The molecule has 0 unspecified atom stereocenters. The van der Waals surface area contributed by atoms with E-state index in [1.807, 2.05) is 12.1 Å². The Balaban J connectivity index is 1.77. The van der Waals surface area contributed by atoms with Crippen LogP contribution in [0.25, 0.3) is 6.08 Å². The predicted molar refractivity (Wildman–Crippen MR) is 80.3 cm³/mol. The van der Waals surface area contributed by atoms with Crippen LogP contribution >= 0.6 is 0 Å². The molecule has 0 heterocycles. The maximum absolute atomic E-state index is 12.7. The lowest BCUT2D eigenvalue weighted by molar-refractivity contribution is -0.116. The lowest BCUT2D eigenvalue weighted by atomic mass is 10.1. The first-order valence-corrected chi connectivity index (χ1v) is 6.63. The van der Waals surface area contributed by atoms with Crippen LogP contribution in [0.15, 0.2) is 54.6 Å². The maximum Gasteiger partial charge on any atom is 0.244 e. The molecular formula is C17H16FNO2. The maximum atomic E-state index is 12.7. The summed E-state index contributed by atoms with van der Waals surface area (Å²) in [6.45, 7) is 0.511. The molecule has 0 saturated carbocycles. The first kappa shape index (κ1) is 14.8. The average molecular weight is 285 g/mol. The lowest BCUT2D eigenvalue weighted by Gasteiger charge is -2.03. The molecule has 0 aliphatic rings. The Labute approximate surface area is 122 Å². The molecule has 2 aromatic carbocycles. The Kier molecular flexibility index (Phi) is 5.10. The summed E-state index contributed by atoms with van der Waals surface area (Å²) in [5, 5.41) is 11.9. The number of hydrogen-bond donors (Lipinski definition) is 2. The van der Waals surface area contributed by atoms with Gasteiger partial charge in [0.05, 0.1) is 0 Å². The van der Waals surface area contributed by atoms with Crippen LogP contribution in [0.1, 0.15) is 11.1 Å². The van der Waals surface area contributed by atoms with Crippen LogP contribution in [0.3, 0.4) is 0 Å². The van der Waals surface area contributed by atoms with E-state index >= 15 is 0 Å². The first-order chi connectivity index (χ1) is 10.1. The van der Waals surface area contributed by atoms with Crippen molar-refractivity contribution in [2.75, 3.05) is 6.54 Å². The van der Waals surface area contributed by atoms with Crippen molar-refractivity contribution in [3.63, 3.8) is 0 Å². The molecule has 2 N–H and O–H groups in total. The van der Waals surface area contributed by atoms with E-state index in [4.69, 9.17) is 5.11 Å². The second-order valence-corrected chi connectivity index (χ2v) is 4.59. The van der Waals surface area contributed by atoms with Gasteiger partial charge in [0.15, 0.2) is 0 Å². The fraction of sp³-hybridized carbons (Fsp3) is 0.118. The van der Waals surface area contributed by atoms with E-state index in [-0.39, 0.29) is 17.5 Å². The minimum absolute atomic E-state index is 0.196. The highest BCUT2D eigenvalue weighted by atomic mass is 19.1. The van der Waals surface area contributed by atoms with Crippen LogP contribution in [0.2, 0.25) is 0 Å². The normalized spacial score (nSPS) is 10.7. The van der Waals surface area contributed by atoms with Gasteiger partial charge in [0.1, 0.15) is 11.6 Å². The summed E-state index contributed by atoms with van der Waals surface area (Å²) >= 11 is 0. The van der Waals surface area contributed by atoms with Crippen molar-refractivity contribution in [1.82, 2.24) is 5.32 Å². The molecule has 2 aromatic rings. The molecule has 2 rings (SSSR count). The van der Waals surface area contributed by atoms with E-state index < -0.39 is 0 Å². The van der Waals surface area contributed by atoms with Gasteiger partial charge < -0.3 is 10.4 Å². The first-order valence-electron chi connectivity index (χ1n) is 6.63. The summed E-state index contributed by atoms with van der Waals surface area (Å²) in [6, 6.07) is 12.8. The molecule has 0 spiro atoms. The van der Waals surface area contributed by atoms with Crippen molar-refractivity contribution in [1.29, 1.82) is 0 Å². The van der Waals surface area contributed by atoms with Crippen LogP contribution in [0, 0.1) is 5.82 Å². The van der Waals surface area contributed by atoms with E-state index in [1.54, 1.807) is 30.3 Å². The molecule has 0 saturated heterocycles. The summed E-state index contributed by atoms with van der Waals surface area (Å²) in [6.07, 6.45) is 3.75. The summed E-state index contributed by atoms with van der Waals surface area (Å²) in [4.78, 5) is 11.6. The fourth-order valence-electron chi connectivity index (χ4n) is 1.80. The van der Waals surface area contributed by atoms with Crippen molar-refractivity contribution in [2.45, 2.75) is 6.42 Å². The van der Waals surface area contributed by atoms with E-state index in [9.17, 15) is 9.18 Å². The minimum atomic E-state index is -0.300. The Morgan fingerprint density at radius 3 is 2.43 bits per heavy atom. The van der Waals surface area contributed by atoms with E-state index in [2.05, 4.69) is 5.32 Å². The third-order valence-electron chi connectivity index (χ3n) is 2.95. The van der Waals surface area contributed by atoms with Crippen LogP contribution in [0.4, 0.5) is 4.39 Å². The highest BCUT2D eigenvalue weighted by molar-refractivity contribution is 5.91. The number of carbonyl (C=O) groups is 1. The van der Waals surface area contributed by atoms with E-state index in [1.165, 1.54) is 18.2 Å². The molecule has 108 valence electrons. The van der Waals surface area contributed by atoms with Crippen molar-refractivity contribution in [3.05, 3.63) is 71.6 Å². The van der Waals surface area contributed by atoms with Crippen LogP contribution < -0.4 is 5.32 Å². The highest BCUT2D eigenvalue weighted by Crippen LogP contribution is 2.09. The number of halogens is 1. The molecule has 0 aliphatic heterocycles. The lowest BCUT2D eigenvalue weighted by Crippen LogP contribution is -2.23. The van der Waals surface area contributed by atoms with E-state index in [0.717, 1.165) is 11.1 Å². The number of phenols is 1. The van der Waals surface area contributed by atoms with Gasteiger partial charge in [-0.1, -0.05) is 24.3 Å². The third kappa shape index (κ3) is 5.10. The number of amides is 1. The van der Waals surface area contributed by atoms with Gasteiger partial charge in [0.2, 0.25) is 5.91 Å². The number of hydrogen-bond acceptors (Lipinski definition) is 2. The van der Waals surface area contributed by atoms with Gasteiger partial charge in [-0.2, -0.15) is 0 Å². The van der Waals surface area contributed by atoms with Crippen molar-refractivity contribution >= 4 is 12.0 Å². The number of nitrogens with one attached hydrogen (secondary N) is 1. The second kappa shape index (κ2) is 7.24. The predicted octanol–water partition coefficient (Wildman–Crippen LogP) is 2.90. The molecule has 21 heavy (non-hydrogen) atoms. The Bertz CT molecular complexity index is 618. The number of benzene rings is 2. The van der Waals surface area contributed by atoms with Gasteiger partial charge in [-0.3, -0.25) is 4.79 Å². The van der Waals surface area contributed by atoms with E-state index in [0.29, 0.717) is 13.0 Å². The molecule has 3 nitrogen and oxygen atoms in total. The molecule has 0 radical (unpaired) electrons. The second-order valence-electron chi connectivity index (χ2n) is 4.59. The molecule has 0 fully saturated rings. The summed E-state index contributed by atoms with van der Waals surface area (Å²) in [5.41, 5.74) is 1.81. The Hall–Kier alpha value is -2.62. The highest BCUT2D eigenvalue weighted by Gasteiger charge is 1.97. The minimum Gasteiger partial charge on any atom is -0.508 e. The van der Waals surface area contributed by atoms with Crippen LogP contribution in [-0.4, -0.2) is 17.6 Å². The van der Waals surface area contributed by atoms with Gasteiger partial charge in [0, 0.05) is 12.6 Å². The fourth-order valence-corrected chi connectivity index (χ4v) is 1.80. The van der Waals surface area contributed by atoms with Gasteiger partial charge in [-0.15, -0.1) is 0 Å². The molecule has 0 aliphatic carbocycles. The monoisotopic (exact) mass is 285 g/mol. The topological polar surface area (TPSA) is 49.3 Å². The molecule has 1 amide bonds. The van der Waals surface area contributed by atoms with Crippen molar-refractivity contribution in [3.8, 4) is 5.75 Å². The summed E-state index contributed by atoms with van der Waals surface area (Å²) < 4.78 is 12.7. The number of rotatable bonds is 5. The third-order valence-corrected chi connectivity index (χ3v) is 2.95. The summed E-state index contributed by atoms with van der Waals surface area (Å²) in [7, 11) is 0. The van der Waals surface area contributed by atoms with Gasteiger partial charge in [0.25, 0.3) is 0 Å². The smallest absolute Gasteiger partial charge is 0.244 e. The van der Waals surface area contributed by atoms with Crippen molar-refractivity contribution < 1.29 is 14.3 Å². The quantitative estimate of drug-likeness (QED) is 0.830. The number of phenolic OH excluding ortho intramolecular Hbond substituents is 1. The number of aromatic hydroxyl groups is 1. The van der Waals surface area contributed by atoms with Gasteiger partial charge >= 0.3 is 0 Å². The van der Waals surface area contributed by atoms with Crippen LogP contribution in [0.5, 0.6) is 5.75 Å². The van der Waals surface area contributed by atoms with Gasteiger partial charge in [-0.25, -0.2) is 4.39 Å². The zero-order valence-electron chi connectivity index (χ0n) is 11.4. The Morgan fingerprint density at radius 1 is 1.10 bits per heavy atom. The SMILES string of the molecule is O=C(/C=C/c1ccc(F)cc1)NCCc1ccc(O)cc1. The molecule has 4 heteroatoms. The molecule has 0 atom stereocenters. The standard InChI is InChI=1S/C17H16FNO2/c18-15-6-1-13(2-7-15)5-10-17(21)19-12-11-14-3-8-16(20)9-4-14/h1-10,20H,11-12H2,(H,19,21)/b10-5+. The van der Waals surface area contributed by atoms with Gasteiger partial charge in [-0.05, 0) is 47.9 Å².